The molecule has 3 aromatic rings. The van der Waals surface area contributed by atoms with Crippen LogP contribution in [0.5, 0.6) is 0 Å². The van der Waals surface area contributed by atoms with E-state index in [9.17, 15) is 27.6 Å². The van der Waals surface area contributed by atoms with Crippen LogP contribution in [-0.2, 0) is 25.2 Å². The van der Waals surface area contributed by atoms with Gasteiger partial charge in [-0.25, -0.2) is 19.3 Å². The fraction of sp³-hybridized carbons (Fsp3) is 0.136. The zero-order valence-electron chi connectivity index (χ0n) is 17.6. The lowest BCUT2D eigenvalue weighted by Gasteiger charge is -2.14. The van der Waals surface area contributed by atoms with Crippen molar-refractivity contribution in [1.82, 2.24) is 14.8 Å². The van der Waals surface area contributed by atoms with Gasteiger partial charge in [0.15, 0.2) is 6.61 Å². The number of nitrogens with one attached hydrogen (secondary N) is 1. The molecule has 0 fully saturated rings. The highest BCUT2D eigenvalue weighted by molar-refractivity contribution is 5.96. The van der Waals surface area contributed by atoms with Crippen LogP contribution in [0.1, 0.15) is 21.5 Å². The number of carbonyl (C=O) groups excluding carboxylic acids is 3. The van der Waals surface area contributed by atoms with Crippen molar-refractivity contribution in [1.29, 1.82) is 0 Å². The van der Waals surface area contributed by atoms with E-state index in [4.69, 9.17) is 4.74 Å². The number of amides is 1. The number of rotatable bonds is 7. The average molecular weight is 474 g/mol. The van der Waals surface area contributed by atoms with Gasteiger partial charge >= 0.3 is 18.1 Å². The molecular weight excluding hydrogens is 457 g/mol. The van der Waals surface area contributed by atoms with Gasteiger partial charge in [-0.3, -0.25) is 4.79 Å². The molecule has 176 valence electrons. The van der Waals surface area contributed by atoms with Gasteiger partial charge in [-0.15, -0.1) is 0 Å². The maximum atomic E-state index is 13.1. The zero-order valence-corrected chi connectivity index (χ0v) is 17.6. The zero-order chi connectivity index (χ0) is 24.7. The monoisotopic (exact) mass is 474 g/mol. The first-order valence-electron chi connectivity index (χ1n) is 9.56. The van der Waals surface area contributed by atoms with Gasteiger partial charge < -0.3 is 14.8 Å². The number of aromatic nitrogens is 3. The third-order valence-electron chi connectivity index (χ3n) is 4.35. The summed E-state index contributed by atoms with van der Waals surface area (Å²) in [7, 11) is 1.25. The van der Waals surface area contributed by atoms with Gasteiger partial charge in [-0.05, 0) is 42.0 Å². The van der Waals surface area contributed by atoms with Crippen LogP contribution in [0.25, 0.3) is 11.8 Å². The molecule has 34 heavy (non-hydrogen) atoms. The first kappa shape index (κ1) is 24.2. The maximum absolute atomic E-state index is 13.1. The molecule has 3 rings (SSSR count). The Morgan fingerprint density at radius 3 is 2.47 bits per heavy atom. The van der Waals surface area contributed by atoms with Crippen LogP contribution in [0, 0.1) is 0 Å². The lowest BCUT2D eigenvalue weighted by atomic mass is 10.1. The van der Waals surface area contributed by atoms with Crippen molar-refractivity contribution in [2.45, 2.75) is 6.18 Å². The molecule has 1 amide bonds. The fourth-order valence-corrected chi connectivity index (χ4v) is 2.73. The van der Waals surface area contributed by atoms with Gasteiger partial charge in [0.25, 0.3) is 5.91 Å². The Kier molecular flexibility index (Phi) is 7.41. The topological polar surface area (TPSA) is 112 Å². The third kappa shape index (κ3) is 6.28. The molecule has 2 aromatic carbocycles. The molecule has 0 bridgehead atoms. The van der Waals surface area contributed by atoms with E-state index in [0.29, 0.717) is 11.1 Å². The Hall–Kier alpha value is -4.48. The molecule has 0 radical (unpaired) electrons. The van der Waals surface area contributed by atoms with E-state index >= 15 is 0 Å². The number of hydrogen-bond donors (Lipinski definition) is 1. The normalized spacial score (nSPS) is 11.3. The van der Waals surface area contributed by atoms with Crippen LogP contribution in [0.3, 0.4) is 0 Å². The van der Waals surface area contributed by atoms with Crippen molar-refractivity contribution < 1.29 is 37.0 Å². The molecule has 0 saturated carbocycles. The summed E-state index contributed by atoms with van der Waals surface area (Å²) in [4.78, 5) is 39.3. The Morgan fingerprint density at radius 2 is 1.85 bits per heavy atom. The third-order valence-corrected chi connectivity index (χ3v) is 4.35. The van der Waals surface area contributed by atoms with Crippen LogP contribution in [-0.4, -0.2) is 46.3 Å². The predicted octanol–water partition coefficient (Wildman–Crippen LogP) is 3.27. The van der Waals surface area contributed by atoms with Gasteiger partial charge in [0, 0.05) is 6.08 Å². The minimum atomic E-state index is -4.63. The Morgan fingerprint density at radius 1 is 1.12 bits per heavy atom. The Labute approximate surface area is 190 Å². The number of ether oxygens (including phenoxy) is 2. The van der Waals surface area contributed by atoms with E-state index < -0.39 is 36.2 Å². The van der Waals surface area contributed by atoms with Gasteiger partial charge in [0.2, 0.25) is 0 Å². The molecule has 0 atom stereocenters. The molecule has 9 nitrogen and oxygen atoms in total. The molecule has 12 heteroatoms. The van der Waals surface area contributed by atoms with E-state index in [-0.39, 0.29) is 11.4 Å². The number of methoxy groups -OCH3 is 1. The molecule has 1 aromatic heterocycles. The van der Waals surface area contributed by atoms with Crippen molar-refractivity contribution in [2.75, 3.05) is 19.0 Å². The standard InChI is InChI=1S/C22H17F3N4O5/c1-33-21(32)15-5-2-14(3-6-15)4-9-20(31)34-11-19(30)28-17-10-16(22(23,24)25)7-8-18(17)29-13-26-12-27-29/h2-10,12-13H,11H2,1H3,(H,28,30)/b9-4+. The van der Waals surface area contributed by atoms with E-state index in [2.05, 4.69) is 20.1 Å². The predicted molar refractivity (Wildman–Crippen MR) is 113 cm³/mol. The molecule has 1 N–H and O–H groups in total. The second kappa shape index (κ2) is 10.4. The number of hydrogen-bond acceptors (Lipinski definition) is 7. The highest BCUT2D eigenvalue weighted by Gasteiger charge is 2.31. The van der Waals surface area contributed by atoms with Crippen LogP contribution in [0.15, 0.2) is 61.2 Å². The number of carbonyl (C=O) groups is 3. The van der Waals surface area contributed by atoms with Crippen molar-refractivity contribution in [3.8, 4) is 5.69 Å². The summed E-state index contributed by atoms with van der Waals surface area (Å²) >= 11 is 0. The van der Waals surface area contributed by atoms with Crippen LogP contribution < -0.4 is 5.32 Å². The Balaban J connectivity index is 1.62. The minimum Gasteiger partial charge on any atom is -0.465 e. The van der Waals surface area contributed by atoms with Crippen molar-refractivity contribution >= 4 is 29.6 Å². The first-order valence-corrected chi connectivity index (χ1v) is 9.56. The van der Waals surface area contributed by atoms with E-state index in [1.807, 2.05) is 0 Å². The summed E-state index contributed by atoms with van der Waals surface area (Å²) in [6.45, 7) is -0.739. The van der Waals surface area contributed by atoms with E-state index in [1.165, 1.54) is 42.7 Å². The SMILES string of the molecule is COC(=O)c1ccc(/C=C/C(=O)OCC(=O)Nc2cc(C(F)(F)F)ccc2-n2cncn2)cc1. The summed E-state index contributed by atoms with van der Waals surface area (Å²) < 4.78 is 49.9. The smallest absolute Gasteiger partial charge is 0.416 e. The molecule has 0 aliphatic rings. The highest BCUT2D eigenvalue weighted by atomic mass is 19.4. The van der Waals surface area contributed by atoms with Gasteiger partial charge in [-0.1, -0.05) is 12.1 Å². The molecule has 0 aliphatic heterocycles. The number of benzene rings is 2. The number of alkyl halides is 3. The molecule has 0 saturated heterocycles. The lowest BCUT2D eigenvalue weighted by molar-refractivity contribution is -0.142. The highest BCUT2D eigenvalue weighted by Crippen LogP contribution is 2.33. The van der Waals surface area contributed by atoms with Crippen LogP contribution in [0.2, 0.25) is 0 Å². The van der Waals surface area contributed by atoms with Crippen molar-refractivity contribution in [2.24, 2.45) is 0 Å². The van der Waals surface area contributed by atoms with Crippen LogP contribution >= 0.6 is 0 Å². The largest absolute Gasteiger partial charge is 0.465 e. The Bertz CT molecular complexity index is 1210. The van der Waals surface area contributed by atoms with Crippen LogP contribution in [0.4, 0.5) is 18.9 Å². The number of halogens is 3. The fourth-order valence-electron chi connectivity index (χ4n) is 2.73. The lowest BCUT2D eigenvalue weighted by Crippen LogP contribution is -2.21. The number of anilines is 1. The maximum Gasteiger partial charge on any atom is 0.416 e. The quantitative estimate of drug-likeness (QED) is 0.413. The summed E-state index contributed by atoms with van der Waals surface area (Å²) in [5.74, 6) is -2.22. The summed E-state index contributed by atoms with van der Waals surface area (Å²) in [6.07, 6.45) is 0.260. The molecule has 1 heterocycles. The second-order valence-electron chi connectivity index (χ2n) is 6.67. The molecule has 0 spiro atoms. The summed E-state index contributed by atoms with van der Waals surface area (Å²) in [5, 5.41) is 6.14. The molecular formula is C22H17F3N4O5. The molecule has 0 unspecified atom stereocenters. The molecule has 0 aliphatic carbocycles. The second-order valence-corrected chi connectivity index (χ2v) is 6.67. The number of esters is 2. The average Bonchev–Trinajstić information content (AvgIpc) is 3.35. The summed E-state index contributed by atoms with van der Waals surface area (Å²) in [5.41, 5.74) is -0.123. The first-order chi connectivity index (χ1) is 16.2. The van der Waals surface area contributed by atoms with Crippen molar-refractivity contribution in [3.05, 3.63) is 77.9 Å². The minimum absolute atomic E-state index is 0.139. The van der Waals surface area contributed by atoms with Gasteiger partial charge in [-0.2, -0.15) is 18.3 Å². The van der Waals surface area contributed by atoms with Gasteiger partial charge in [0.1, 0.15) is 12.7 Å². The summed E-state index contributed by atoms with van der Waals surface area (Å²) in [6, 6.07) is 8.87. The van der Waals surface area contributed by atoms with E-state index in [0.717, 1.165) is 24.3 Å². The van der Waals surface area contributed by atoms with Gasteiger partial charge in [0.05, 0.1) is 29.6 Å². The van der Waals surface area contributed by atoms with Crippen molar-refractivity contribution in [3.63, 3.8) is 0 Å². The van der Waals surface area contributed by atoms with E-state index in [1.54, 1.807) is 12.1 Å². The number of nitrogens with zero attached hydrogens (tertiary/aromatic N) is 3.